The Hall–Kier alpha value is -2.29. The monoisotopic (exact) mass is 397 g/mol. The van der Waals surface area contributed by atoms with Crippen molar-refractivity contribution in [3.8, 4) is 0 Å². The molecule has 0 radical (unpaired) electrons. The van der Waals surface area contributed by atoms with E-state index in [0.29, 0.717) is 22.9 Å². The van der Waals surface area contributed by atoms with Gasteiger partial charge in [0.2, 0.25) is 5.91 Å². The molecule has 3 aromatic carbocycles. The molecule has 3 rings (SSSR count). The zero-order chi connectivity index (χ0) is 19.2. The molecule has 0 aliphatic rings. The van der Waals surface area contributed by atoms with Crippen molar-refractivity contribution in [3.05, 3.63) is 105 Å². The Labute approximate surface area is 170 Å². The number of nitrogens with one attached hydrogen (secondary N) is 1. The maximum absolute atomic E-state index is 12.7. The molecule has 0 fully saturated rings. The van der Waals surface area contributed by atoms with Gasteiger partial charge in [-0.25, -0.2) is 0 Å². The van der Waals surface area contributed by atoms with Crippen molar-refractivity contribution in [1.29, 1.82) is 0 Å². The highest BCUT2D eigenvalue weighted by Crippen LogP contribution is 2.26. The number of benzene rings is 3. The fraction of sp³-hybridized carbons (Fsp3) is 0.174. The standard InChI is InChI=1S/C23H21Cl2NO/c1-16-7-5-6-10-20(16)23(18-8-3-2-4-9-18)26-22(27)14-12-17-11-13-19(24)15-21(17)25/h2-11,13,15,23H,12,14H2,1H3,(H,26,27)/t23-/m0/s1. The minimum Gasteiger partial charge on any atom is -0.345 e. The highest BCUT2D eigenvalue weighted by molar-refractivity contribution is 6.35. The van der Waals surface area contributed by atoms with Gasteiger partial charge in [-0.2, -0.15) is 0 Å². The van der Waals surface area contributed by atoms with E-state index in [-0.39, 0.29) is 11.9 Å². The lowest BCUT2D eigenvalue weighted by Crippen LogP contribution is -2.30. The van der Waals surface area contributed by atoms with Crippen molar-refractivity contribution in [1.82, 2.24) is 5.32 Å². The van der Waals surface area contributed by atoms with E-state index in [2.05, 4.69) is 24.4 Å². The normalized spacial score (nSPS) is 11.8. The van der Waals surface area contributed by atoms with Crippen molar-refractivity contribution in [3.63, 3.8) is 0 Å². The van der Waals surface area contributed by atoms with Crippen LogP contribution >= 0.6 is 23.2 Å². The first-order chi connectivity index (χ1) is 13.0. The molecule has 0 aromatic heterocycles. The summed E-state index contributed by atoms with van der Waals surface area (Å²) in [6.45, 7) is 2.06. The maximum Gasteiger partial charge on any atom is 0.221 e. The third-order valence-corrected chi connectivity index (χ3v) is 5.16. The molecular weight excluding hydrogens is 377 g/mol. The molecule has 138 valence electrons. The first-order valence-corrected chi connectivity index (χ1v) is 9.64. The van der Waals surface area contributed by atoms with Crippen LogP contribution in [0.5, 0.6) is 0 Å². The average Bonchev–Trinajstić information content (AvgIpc) is 2.67. The number of amides is 1. The molecule has 0 saturated carbocycles. The number of halogens is 2. The Kier molecular flexibility index (Phi) is 6.54. The smallest absolute Gasteiger partial charge is 0.221 e. The maximum atomic E-state index is 12.7. The molecule has 0 aliphatic heterocycles. The van der Waals surface area contributed by atoms with Crippen LogP contribution in [0.4, 0.5) is 0 Å². The fourth-order valence-corrected chi connectivity index (χ4v) is 3.61. The number of aryl methyl sites for hydroxylation is 2. The Balaban J connectivity index is 1.76. The third kappa shape index (κ3) is 5.12. The van der Waals surface area contributed by atoms with E-state index in [9.17, 15) is 4.79 Å². The predicted molar refractivity (Wildman–Crippen MR) is 112 cm³/mol. The SMILES string of the molecule is Cc1ccccc1[C@@H](NC(=O)CCc1ccc(Cl)cc1Cl)c1ccccc1. The van der Waals surface area contributed by atoms with Crippen molar-refractivity contribution < 1.29 is 4.79 Å². The molecule has 0 heterocycles. The second-order valence-corrected chi connectivity index (χ2v) is 7.35. The van der Waals surface area contributed by atoms with Crippen molar-refractivity contribution in [2.24, 2.45) is 0 Å². The summed E-state index contributed by atoms with van der Waals surface area (Å²) in [5.74, 6) is -0.0156. The zero-order valence-corrected chi connectivity index (χ0v) is 16.6. The molecule has 4 heteroatoms. The van der Waals surface area contributed by atoms with Crippen LogP contribution in [0.3, 0.4) is 0 Å². The molecule has 0 spiro atoms. The summed E-state index contributed by atoms with van der Waals surface area (Å²) >= 11 is 12.2. The average molecular weight is 398 g/mol. The molecule has 0 unspecified atom stereocenters. The summed E-state index contributed by atoms with van der Waals surface area (Å²) < 4.78 is 0. The summed E-state index contributed by atoms with van der Waals surface area (Å²) in [5, 5.41) is 4.37. The van der Waals surface area contributed by atoms with E-state index in [1.165, 1.54) is 0 Å². The summed E-state index contributed by atoms with van der Waals surface area (Å²) in [7, 11) is 0. The van der Waals surface area contributed by atoms with Crippen LogP contribution in [-0.4, -0.2) is 5.91 Å². The van der Waals surface area contributed by atoms with Gasteiger partial charge in [-0.05, 0) is 47.7 Å². The van der Waals surface area contributed by atoms with Gasteiger partial charge in [0, 0.05) is 16.5 Å². The first kappa shape index (κ1) is 19.5. The minimum absolute atomic E-state index is 0.0156. The van der Waals surface area contributed by atoms with Crippen LogP contribution in [0, 0.1) is 6.92 Å². The van der Waals surface area contributed by atoms with Gasteiger partial charge in [0.15, 0.2) is 0 Å². The number of rotatable bonds is 6. The van der Waals surface area contributed by atoms with Gasteiger partial charge in [0.05, 0.1) is 6.04 Å². The fourth-order valence-electron chi connectivity index (χ4n) is 3.10. The van der Waals surface area contributed by atoms with Crippen LogP contribution in [0.15, 0.2) is 72.8 Å². The Morgan fingerprint density at radius 2 is 1.67 bits per heavy atom. The molecule has 0 saturated heterocycles. The molecule has 2 nitrogen and oxygen atoms in total. The lowest BCUT2D eigenvalue weighted by atomic mass is 9.94. The quantitative estimate of drug-likeness (QED) is 0.531. The van der Waals surface area contributed by atoms with E-state index in [4.69, 9.17) is 23.2 Å². The molecule has 1 N–H and O–H groups in total. The van der Waals surface area contributed by atoms with E-state index < -0.39 is 0 Å². The van der Waals surface area contributed by atoms with Crippen LogP contribution < -0.4 is 5.32 Å². The Morgan fingerprint density at radius 1 is 0.963 bits per heavy atom. The number of hydrogen-bond donors (Lipinski definition) is 1. The van der Waals surface area contributed by atoms with Crippen LogP contribution in [0.2, 0.25) is 10.0 Å². The minimum atomic E-state index is -0.180. The van der Waals surface area contributed by atoms with Gasteiger partial charge in [0.25, 0.3) is 0 Å². The highest BCUT2D eigenvalue weighted by atomic mass is 35.5. The second-order valence-electron chi connectivity index (χ2n) is 6.50. The molecule has 1 amide bonds. The topological polar surface area (TPSA) is 29.1 Å². The lowest BCUT2D eigenvalue weighted by molar-refractivity contribution is -0.121. The Bertz CT molecular complexity index is 925. The van der Waals surface area contributed by atoms with Gasteiger partial charge in [-0.1, -0.05) is 83.9 Å². The summed E-state index contributed by atoms with van der Waals surface area (Å²) in [6, 6.07) is 23.3. The number of carbonyl (C=O) groups excluding carboxylic acids is 1. The van der Waals surface area contributed by atoms with Gasteiger partial charge in [-0.15, -0.1) is 0 Å². The molecule has 27 heavy (non-hydrogen) atoms. The third-order valence-electron chi connectivity index (χ3n) is 4.57. The van der Waals surface area contributed by atoms with Gasteiger partial charge < -0.3 is 5.32 Å². The Morgan fingerprint density at radius 3 is 2.37 bits per heavy atom. The van der Waals surface area contributed by atoms with Crippen molar-refractivity contribution >= 4 is 29.1 Å². The summed E-state index contributed by atoms with van der Waals surface area (Å²) in [5.41, 5.74) is 4.22. The molecular formula is C23H21Cl2NO. The first-order valence-electron chi connectivity index (χ1n) is 8.88. The van der Waals surface area contributed by atoms with Crippen molar-refractivity contribution in [2.75, 3.05) is 0 Å². The van der Waals surface area contributed by atoms with Crippen LogP contribution in [0.1, 0.15) is 34.7 Å². The van der Waals surface area contributed by atoms with Crippen LogP contribution in [0.25, 0.3) is 0 Å². The predicted octanol–water partition coefficient (Wildman–Crippen LogP) is 6.14. The lowest BCUT2D eigenvalue weighted by Gasteiger charge is -2.22. The van der Waals surface area contributed by atoms with E-state index in [1.807, 2.05) is 48.5 Å². The molecule has 0 aliphatic carbocycles. The number of hydrogen-bond acceptors (Lipinski definition) is 1. The van der Waals surface area contributed by atoms with E-state index in [1.54, 1.807) is 12.1 Å². The number of carbonyl (C=O) groups is 1. The molecule has 1 atom stereocenters. The second kappa shape index (κ2) is 9.07. The zero-order valence-electron chi connectivity index (χ0n) is 15.1. The summed E-state index contributed by atoms with van der Waals surface area (Å²) in [6.07, 6.45) is 0.924. The van der Waals surface area contributed by atoms with E-state index in [0.717, 1.165) is 22.3 Å². The van der Waals surface area contributed by atoms with Gasteiger partial charge >= 0.3 is 0 Å². The largest absolute Gasteiger partial charge is 0.345 e. The molecule has 3 aromatic rings. The highest BCUT2D eigenvalue weighted by Gasteiger charge is 2.18. The van der Waals surface area contributed by atoms with Gasteiger partial charge in [0.1, 0.15) is 0 Å². The molecule has 0 bridgehead atoms. The van der Waals surface area contributed by atoms with Crippen molar-refractivity contribution in [2.45, 2.75) is 25.8 Å². The van der Waals surface area contributed by atoms with Gasteiger partial charge in [-0.3, -0.25) is 4.79 Å². The summed E-state index contributed by atoms with van der Waals surface area (Å²) in [4.78, 5) is 12.7. The van der Waals surface area contributed by atoms with E-state index >= 15 is 0 Å². The van der Waals surface area contributed by atoms with Crippen LogP contribution in [-0.2, 0) is 11.2 Å².